The van der Waals surface area contributed by atoms with Gasteiger partial charge in [0.1, 0.15) is 0 Å². The van der Waals surface area contributed by atoms with Crippen molar-refractivity contribution >= 4 is 0 Å². The maximum atomic E-state index is 5.60. The van der Waals surface area contributed by atoms with Gasteiger partial charge in [-0.3, -0.25) is 0 Å². The molecule has 0 aromatic rings. The van der Waals surface area contributed by atoms with Crippen molar-refractivity contribution in [1.82, 2.24) is 10.2 Å². The van der Waals surface area contributed by atoms with Crippen LogP contribution in [-0.4, -0.2) is 50.3 Å². The standard InChI is InChI=1S/C10H20N2O/c1-2-10(13-9-1)3-6-12-7-4-11-5-8-12/h10-11H,1-9H2. The number of nitrogens with zero attached hydrogens (tertiary/aromatic N) is 1. The molecule has 0 saturated carbocycles. The Kier molecular flexibility index (Phi) is 3.58. The Balaban J connectivity index is 1.60. The zero-order valence-corrected chi connectivity index (χ0v) is 8.30. The van der Waals surface area contributed by atoms with Gasteiger partial charge in [-0.05, 0) is 19.3 Å². The van der Waals surface area contributed by atoms with Gasteiger partial charge in [-0.15, -0.1) is 0 Å². The van der Waals surface area contributed by atoms with Crippen LogP contribution in [0.25, 0.3) is 0 Å². The predicted molar refractivity (Wildman–Crippen MR) is 52.9 cm³/mol. The van der Waals surface area contributed by atoms with Crippen LogP contribution in [0.3, 0.4) is 0 Å². The molecule has 2 saturated heterocycles. The van der Waals surface area contributed by atoms with Gasteiger partial charge in [-0.1, -0.05) is 0 Å². The molecule has 0 aromatic carbocycles. The third kappa shape index (κ3) is 2.93. The van der Waals surface area contributed by atoms with E-state index < -0.39 is 0 Å². The molecule has 76 valence electrons. The number of rotatable bonds is 3. The lowest BCUT2D eigenvalue weighted by Crippen LogP contribution is -2.44. The Labute approximate surface area is 80.4 Å². The van der Waals surface area contributed by atoms with Crippen LogP contribution in [-0.2, 0) is 4.74 Å². The fourth-order valence-electron chi connectivity index (χ4n) is 2.13. The number of ether oxygens (including phenoxy) is 1. The van der Waals surface area contributed by atoms with Crippen LogP contribution >= 0.6 is 0 Å². The van der Waals surface area contributed by atoms with Gasteiger partial charge in [0.15, 0.2) is 0 Å². The van der Waals surface area contributed by atoms with E-state index in [0.29, 0.717) is 6.10 Å². The topological polar surface area (TPSA) is 24.5 Å². The Morgan fingerprint density at radius 3 is 2.85 bits per heavy atom. The van der Waals surface area contributed by atoms with E-state index in [2.05, 4.69) is 10.2 Å². The van der Waals surface area contributed by atoms with E-state index in [1.165, 1.54) is 38.9 Å². The molecule has 0 radical (unpaired) electrons. The van der Waals surface area contributed by atoms with Crippen molar-refractivity contribution in [2.45, 2.75) is 25.4 Å². The lowest BCUT2D eigenvalue weighted by molar-refractivity contribution is 0.0900. The van der Waals surface area contributed by atoms with Crippen LogP contribution in [0.1, 0.15) is 19.3 Å². The molecule has 3 heteroatoms. The summed E-state index contributed by atoms with van der Waals surface area (Å²) < 4.78 is 5.60. The minimum Gasteiger partial charge on any atom is -0.378 e. The van der Waals surface area contributed by atoms with Gasteiger partial charge in [-0.25, -0.2) is 0 Å². The van der Waals surface area contributed by atoms with E-state index in [4.69, 9.17) is 4.74 Å². The molecule has 2 aliphatic heterocycles. The maximum absolute atomic E-state index is 5.60. The Bertz CT molecular complexity index is 140. The summed E-state index contributed by atoms with van der Waals surface area (Å²) in [6.45, 7) is 6.97. The molecule has 2 rings (SSSR count). The molecule has 1 unspecified atom stereocenters. The van der Waals surface area contributed by atoms with Crippen LogP contribution < -0.4 is 5.32 Å². The molecule has 3 nitrogen and oxygen atoms in total. The second-order valence-electron chi connectivity index (χ2n) is 4.02. The largest absolute Gasteiger partial charge is 0.378 e. The zero-order chi connectivity index (χ0) is 8.93. The predicted octanol–water partition coefficient (Wildman–Crippen LogP) is 0.461. The first-order valence-electron chi connectivity index (χ1n) is 5.50. The third-order valence-electron chi connectivity index (χ3n) is 3.00. The van der Waals surface area contributed by atoms with Gasteiger partial charge >= 0.3 is 0 Å². The first kappa shape index (κ1) is 9.44. The second-order valence-corrected chi connectivity index (χ2v) is 4.02. The molecular weight excluding hydrogens is 164 g/mol. The first-order chi connectivity index (χ1) is 6.45. The summed E-state index contributed by atoms with van der Waals surface area (Å²) in [6.07, 6.45) is 4.35. The van der Waals surface area contributed by atoms with Gasteiger partial charge in [0.25, 0.3) is 0 Å². The summed E-state index contributed by atoms with van der Waals surface area (Å²) in [7, 11) is 0. The lowest BCUT2D eigenvalue weighted by Gasteiger charge is -2.27. The van der Waals surface area contributed by atoms with E-state index in [-0.39, 0.29) is 0 Å². The highest BCUT2D eigenvalue weighted by atomic mass is 16.5. The van der Waals surface area contributed by atoms with Crippen molar-refractivity contribution in [2.24, 2.45) is 0 Å². The Hall–Kier alpha value is -0.120. The normalized spacial score (nSPS) is 30.9. The summed E-state index contributed by atoms with van der Waals surface area (Å²) >= 11 is 0. The SMILES string of the molecule is C1COC(CCN2CCNCC2)C1. The molecule has 1 N–H and O–H groups in total. The molecule has 0 aromatic heterocycles. The molecule has 2 aliphatic rings. The highest BCUT2D eigenvalue weighted by Crippen LogP contribution is 2.15. The van der Waals surface area contributed by atoms with E-state index in [1.54, 1.807) is 0 Å². The molecule has 13 heavy (non-hydrogen) atoms. The van der Waals surface area contributed by atoms with Gasteiger partial charge in [0, 0.05) is 39.3 Å². The van der Waals surface area contributed by atoms with Gasteiger partial charge in [0.2, 0.25) is 0 Å². The number of piperazine rings is 1. The molecule has 0 bridgehead atoms. The molecule has 0 spiro atoms. The fraction of sp³-hybridized carbons (Fsp3) is 1.00. The minimum atomic E-state index is 0.565. The van der Waals surface area contributed by atoms with E-state index in [1.807, 2.05) is 0 Å². The average Bonchev–Trinajstić information content (AvgIpc) is 2.69. The Morgan fingerprint density at radius 2 is 2.15 bits per heavy atom. The lowest BCUT2D eigenvalue weighted by atomic mass is 10.1. The van der Waals surface area contributed by atoms with Crippen LogP contribution in [0.4, 0.5) is 0 Å². The fourth-order valence-corrected chi connectivity index (χ4v) is 2.13. The number of nitrogens with one attached hydrogen (secondary N) is 1. The van der Waals surface area contributed by atoms with Crippen molar-refractivity contribution in [2.75, 3.05) is 39.3 Å². The molecule has 0 aliphatic carbocycles. The monoisotopic (exact) mass is 184 g/mol. The molecule has 1 atom stereocenters. The van der Waals surface area contributed by atoms with Crippen LogP contribution in [0, 0.1) is 0 Å². The summed E-state index contributed by atoms with van der Waals surface area (Å²) in [5.41, 5.74) is 0. The number of hydrogen-bond donors (Lipinski definition) is 1. The van der Waals surface area contributed by atoms with Crippen molar-refractivity contribution in [3.63, 3.8) is 0 Å². The quantitative estimate of drug-likeness (QED) is 0.689. The second kappa shape index (κ2) is 4.94. The first-order valence-corrected chi connectivity index (χ1v) is 5.50. The minimum absolute atomic E-state index is 0.565. The Morgan fingerprint density at radius 1 is 1.31 bits per heavy atom. The highest BCUT2D eigenvalue weighted by molar-refractivity contribution is 4.71. The van der Waals surface area contributed by atoms with Gasteiger partial charge < -0.3 is 15.0 Å². The average molecular weight is 184 g/mol. The van der Waals surface area contributed by atoms with Crippen LogP contribution in [0.2, 0.25) is 0 Å². The van der Waals surface area contributed by atoms with E-state index in [0.717, 1.165) is 19.7 Å². The molecule has 2 heterocycles. The van der Waals surface area contributed by atoms with E-state index in [9.17, 15) is 0 Å². The van der Waals surface area contributed by atoms with Gasteiger partial charge in [0.05, 0.1) is 6.10 Å². The smallest absolute Gasteiger partial charge is 0.0588 e. The van der Waals surface area contributed by atoms with Gasteiger partial charge in [-0.2, -0.15) is 0 Å². The molecule has 2 fully saturated rings. The number of hydrogen-bond acceptors (Lipinski definition) is 3. The van der Waals surface area contributed by atoms with Crippen LogP contribution in [0.15, 0.2) is 0 Å². The van der Waals surface area contributed by atoms with Crippen molar-refractivity contribution in [3.8, 4) is 0 Å². The summed E-state index contributed by atoms with van der Waals surface area (Å²) in [4.78, 5) is 2.54. The third-order valence-corrected chi connectivity index (χ3v) is 3.00. The molecular formula is C10H20N2O. The van der Waals surface area contributed by atoms with E-state index >= 15 is 0 Å². The maximum Gasteiger partial charge on any atom is 0.0588 e. The summed E-state index contributed by atoms with van der Waals surface area (Å²) in [5.74, 6) is 0. The molecule has 0 amide bonds. The zero-order valence-electron chi connectivity index (χ0n) is 8.30. The summed E-state index contributed by atoms with van der Waals surface area (Å²) in [5, 5.41) is 3.37. The van der Waals surface area contributed by atoms with Crippen molar-refractivity contribution in [1.29, 1.82) is 0 Å². The summed E-state index contributed by atoms with van der Waals surface area (Å²) in [6, 6.07) is 0. The van der Waals surface area contributed by atoms with Crippen LogP contribution in [0.5, 0.6) is 0 Å². The van der Waals surface area contributed by atoms with Crippen molar-refractivity contribution in [3.05, 3.63) is 0 Å². The van der Waals surface area contributed by atoms with Crippen molar-refractivity contribution < 1.29 is 4.74 Å². The highest BCUT2D eigenvalue weighted by Gasteiger charge is 2.17.